The number of ether oxygens (including phenoxy) is 2. The van der Waals surface area contributed by atoms with Crippen LogP contribution in [0, 0.1) is 5.82 Å². The molecule has 1 aromatic rings. The Balaban J connectivity index is 2.57. The molecule has 0 atom stereocenters. The van der Waals surface area contributed by atoms with Crippen LogP contribution in [-0.2, 0) is 4.74 Å². The van der Waals surface area contributed by atoms with Crippen LogP contribution in [0.3, 0.4) is 0 Å². The van der Waals surface area contributed by atoms with E-state index in [4.69, 9.17) is 26.8 Å². The van der Waals surface area contributed by atoms with Crippen molar-refractivity contribution in [1.82, 2.24) is 0 Å². The third kappa shape index (κ3) is 3.57. The number of methoxy groups -OCH3 is 1. The summed E-state index contributed by atoms with van der Waals surface area (Å²) in [5, 5.41) is 0.00550. The zero-order chi connectivity index (χ0) is 11.3. The average molecular weight is 234 g/mol. The van der Waals surface area contributed by atoms with E-state index >= 15 is 0 Å². The van der Waals surface area contributed by atoms with Crippen LogP contribution in [0.25, 0.3) is 0 Å². The first kappa shape index (κ1) is 12.1. The van der Waals surface area contributed by atoms with Crippen molar-refractivity contribution in [2.45, 2.75) is 6.42 Å². The van der Waals surface area contributed by atoms with Gasteiger partial charge in [0, 0.05) is 32.3 Å². The minimum absolute atomic E-state index is 0.00550. The zero-order valence-corrected chi connectivity index (χ0v) is 9.18. The van der Waals surface area contributed by atoms with E-state index in [1.165, 1.54) is 6.07 Å². The van der Waals surface area contributed by atoms with Crippen LogP contribution >= 0.6 is 11.6 Å². The lowest BCUT2D eigenvalue weighted by molar-refractivity contribution is 0.172. The molecule has 0 saturated heterocycles. The fraction of sp³-hybridized carbons (Fsp3) is 0.400. The van der Waals surface area contributed by atoms with Crippen LogP contribution in [0.4, 0.5) is 10.1 Å². The van der Waals surface area contributed by atoms with Gasteiger partial charge >= 0.3 is 0 Å². The van der Waals surface area contributed by atoms with Crippen LogP contribution in [0.5, 0.6) is 5.75 Å². The van der Waals surface area contributed by atoms with Gasteiger partial charge in [-0.15, -0.1) is 0 Å². The molecule has 0 spiro atoms. The summed E-state index contributed by atoms with van der Waals surface area (Å²) in [7, 11) is 1.61. The van der Waals surface area contributed by atoms with Gasteiger partial charge in [-0.25, -0.2) is 4.39 Å². The minimum atomic E-state index is -0.543. The van der Waals surface area contributed by atoms with Crippen LogP contribution in [-0.4, -0.2) is 20.3 Å². The zero-order valence-electron chi connectivity index (χ0n) is 8.43. The minimum Gasteiger partial charge on any atom is -0.491 e. The Morgan fingerprint density at radius 1 is 1.40 bits per heavy atom. The maximum absolute atomic E-state index is 12.9. The summed E-state index contributed by atoms with van der Waals surface area (Å²) in [6, 6.07) is 2.52. The first-order valence-corrected chi connectivity index (χ1v) is 4.89. The van der Waals surface area contributed by atoms with Gasteiger partial charge in [0.05, 0.1) is 17.3 Å². The molecule has 0 aliphatic heterocycles. The van der Waals surface area contributed by atoms with Crippen molar-refractivity contribution in [3.8, 4) is 5.75 Å². The van der Waals surface area contributed by atoms with Crippen LogP contribution < -0.4 is 10.5 Å². The topological polar surface area (TPSA) is 44.5 Å². The Labute approximate surface area is 92.9 Å². The molecular weight excluding hydrogens is 221 g/mol. The maximum Gasteiger partial charge on any atom is 0.144 e. The normalized spacial score (nSPS) is 10.3. The number of rotatable bonds is 5. The molecular formula is C10H13ClFNO2. The quantitative estimate of drug-likeness (QED) is 0.628. The monoisotopic (exact) mass is 233 g/mol. The number of benzene rings is 1. The second kappa shape index (κ2) is 5.78. The molecule has 2 N–H and O–H groups in total. The van der Waals surface area contributed by atoms with Crippen LogP contribution in [0.1, 0.15) is 6.42 Å². The predicted molar refractivity (Wildman–Crippen MR) is 57.8 cm³/mol. The summed E-state index contributed by atoms with van der Waals surface area (Å²) in [4.78, 5) is 0. The summed E-state index contributed by atoms with van der Waals surface area (Å²) in [5.74, 6) is -0.143. The highest BCUT2D eigenvalue weighted by atomic mass is 35.5. The highest BCUT2D eigenvalue weighted by Gasteiger charge is 2.06. The smallest absolute Gasteiger partial charge is 0.144 e. The third-order valence-electron chi connectivity index (χ3n) is 1.80. The van der Waals surface area contributed by atoms with Gasteiger partial charge in [0.2, 0.25) is 0 Å². The summed E-state index contributed by atoms with van der Waals surface area (Å²) >= 11 is 5.59. The summed E-state index contributed by atoms with van der Waals surface area (Å²) < 4.78 is 23.1. The van der Waals surface area contributed by atoms with Gasteiger partial charge in [-0.2, -0.15) is 0 Å². The van der Waals surface area contributed by atoms with Gasteiger partial charge in [0.25, 0.3) is 0 Å². The van der Waals surface area contributed by atoms with Crippen molar-refractivity contribution >= 4 is 17.3 Å². The molecule has 0 unspecified atom stereocenters. The van der Waals surface area contributed by atoms with Crippen molar-refractivity contribution in [3.63, 3.8) is 0 Å². The van der Waals surface area contributed by atoms with Gasteiger partial charge in [-0.1, -0.05) is 11.6 Å². The van der Waals surface area contributed by atoms with E-state index in [2.05, 4.69) is 0 Å². The van der Waals surface area contributed by atoms with E-state index in [1.54, 1.807) is 7.11 Å². The van der Waals surface area contributed by atoms with Crippen molar-refractivity contribution < 1.29 is 13.9 Å². The first-order chi connectivity index (χ1) is 7.15. The Hall–Kier alpha value is -1.00. The maximum atomic E-state index is 12.9. The van der Waals surface area contributed by atoms with E-state index in [0.29, 0.717) is 19.0 Å². The second-order valence-electron chi connectivity index (χ2n) is 3.00. The molecule has 1 aromatic carbocycles. The number of anilines is 1. The highest BCUT2D eigenvalue weighted by Crippen LogP contribution is 2.28. The molecule has 0 aromatic heterocycles. The molecule has 0 heterocycles. The summed E-state index contributed by atoms with van der Waals surface area (Å²) in [6.07, 6.45) is 0.741. The first-order valence-electron chi connectivity index (χ1n) is 4.51. The second-order valence-corrected chi connectivity index (χ2v) is 3.41. The number of halogens is 2. The third-order valence-corrected chi connectivity index (χ3v) is 2.09. The molecule has 0 amide bonds. The van der Waals surface area contributed by atoms with E-state index in [1.807, 2.05) is 0 Å². The standard InChI is InChI=1S/C10H13ClFNO2/c1-14-3-2-4-15-10-5-7(11)8(12)6-9(10)13/h5-6H,2-4,13H2,1H3. The van der Waals surface area contributed by atoms with E-state index < -0.39 is 5.82 Å². The van der Waals surface area contributed by atoms with Gasteiger partial charge in [0.1, 0.15) is 11.6 Å². The predicted octanol–water partition coefficient (Wildman–Crippen LogP) is 2.48. The molecule has 84 valence electrons. The Bertz CT molecular complexity index is 333. The fourth-order valence-corrected chi connectivity index (χ4v) is 1.21. The molecule has 0 radical (unpaired) electrons. The Morgan fingerprint density at radius 2 is 2.13 bits per heavy atom. The van der Waals surface area contributed by atoms with Crippen molar-refractivity contribution in [3.05, 3.63) is 23.0 Å². The lowest BCUT2D eigenvalue weighted by Gasteiger charge is -2.09. The molecule has 0 saturated carbocycles. The van der Waals surface area contributed by atoms with Gasteiger partial charge < -0.3 is 15.2 Å². The molecule has 0 fully saturated rings. The van der Waals surface area contributed by atoms with Gasteiger partial charge in [-0.3, -0.25) is 0 Å². The molecule has 0 bridgehead atoms. The number of hydrogen-bond donors (Lipinski definition) is 1. The van der Waals surface area contributed by atoms with E-state index in [9.17, 15) is 4.39 Å². The molecule has 0 aliphatic carbocycles. The number of nitrogen functional groups attached to an aromatic ring is 1. The molecule has 0 aliphatic rings. The summed E-state index contributed by atoms with van der Waals surface area (Å²) in [5.41, 5.74) is 5.79. The number of nitrogens with two attached hydrogens (primary N) is 1. The molecule has 15 heavy (non-hydrogen) atoms. The lowest BCUT2D eigenvalue weighted by Crippen LogP contribution is -2.03. The van der Waals surface area contributed by atoms with Crippen molar-refractivity contribution in [2.24, 2.45) is 0 Å². The van der Waals surface area contributed by atoms with E-state index in [-0.39, 0.29) is 10.7 Å². The average Bonchev–Trinajstić information content (AvgIpc) is 2.20. The number of hydrogen-bond acceptors (Lipinski definition) is 3. The lowest BCUT2D eigenvalue weighted by atomic mass is 10.3. The highest BCUT2D eigenvalue weighted by molar-refractivity contribution is 6.31. The largest absolute Gasteiger partial charge is 0.491 e. The van der Waals surface area contributed by atoms with Crippen LogP contribution in [0.15, 0.2) is 12.1 Å². The molecule has 3 nitrogen and oxygen atoms in total. The Morgan fingerprint density at radius 3 is 2.80 bits per heavy atom. The molecule has 1 rings (SSSR count). The van der Waals surface area contributed by atoms with E-state index in [0.717, 1.165) is 12.5 Å². The SMILES string of the molecule is COCCCOc1cc(Cl)c(F)cc1N. The van der Waals surface area contributed by atoms with Crippen molar-refractivity contribution in [1.29, 1.82) is 0 Å². The van der Waals surface area contributed by atoms with Crippen LogP contribution in [0.2, 0.25) is 5.02 Å². The van der Waals surface area contributed by atoms with Gasteiger partial charge in [-0.05, 0) is 0 Å². The van der Waals surface area contributed by atoms with Gasteiger partial charge in [0.15, 0.2) is 0 Å². The fourth-order valence-electron chi connectivity index (χ4n) is 1.05. The summed E-state index contributed by atoms with van der Waals surface area (Å²) in [6.45, 7) is 1.06. The molecule has 5 heteroatoms. The Kier molecular flexibility index (Phi) is 4.65. The van der Waals surface area contributed by atoms with Crippen molar-refractivity contribution in [2.75, 3.05) is 26.1 Å².